The average Bonchev–Trinajstić information content (AvgIpc) is 3.00. The van der Waals surface area contributed by atoms with Crippen molar-refractivity contribution < 1.29 is 14.3 Å². The second kappa shape index (κ2) is 9.32. The molecular formula is C26H24N2O3S. The smallest absolute Gasteiger partial charge is 0.283 e. The summed E-state index contributed by atoms with van der Waals surface area (Å²) in [5, 5.41) is 3.20. The minimum absolute atomic E-state index is 0.278. The lowest BCUT2D eigenvalue weighted by atomic mass is 10.2. The summed E-state index contributed by atoms with van der Waals surface area (Å²) < 4.78 is 5.48. The fourth-order valence-electron chi connectivity index (χ4n) is 3.40. The van der Waals surface area contributed by atoms with Crippen molar-refractivity contribution in [3.8, 4) is 5.75 Å². The van der Waals surface area contributed by atoms with Crippen molar-refractivity contribution in [3.05, 3.63) is 94.5 Å². The van der Waals surface area contributed by atoms with Crippen molar-refractivity contribution in [1.82, 2.24) is 0 Å². The zero-order chi connectivity index (χ0) is 22.7. The molecule has 6 heteroatoms. The normalized spacial score (nSPS) is 13.7. The first-order valence-electron chi connectivity index (χ1n) is 10.4. The highest BCUT2D eigenvalue weighted by Crippen LogP contribution is 2.38. The van der Waals surface area contributed by atoms with E-state index < -0.39 is 0 Å². The van der Waals surface area contributed by atoms with E-state index in [1.165, 1.54) is 16.7 Å². The molecule has 162 valence electrons. The molecule has 0 spiro atoms. The summed E-state index contributed by atoms with van der Waals surface area (Å²) in [7, 11) is 0. The number of nitrogens with zero attached hydrogens (tertiary/aromatic N) is 1. The van der Waals surface area contributed by atoms with Gasteiger partial charge in [0.05, 0.1) is 12.3 Å². The van der Waals surface area contributed by atoms with Crippen molar-refractivity contribution in [2.24, 2.45) is 0 Å². The Morgan fingerprint density at radius 1 is 0.875 bits per heavy atom. The first-order valence-corrected chi connectivity index (χ1v) is 11.2. The number of hydrogen-bond donors (Lipinski definition) is 1. The molecule has 0 aromatic heterocycles. The number of aryl methyl sites for hydroxylation is 2. The summed E-state index contributed by atoms with van der Waals surface area (Å²) in [6, 6.07) is 22.6. The van der Waals surface area contributed by atoms with Crippen LogP contribution in [0.1, 0.15) is 18.1 Å². The van der Waals surface area contributed by atoms with Gasteiger partial charge in [0.25, 0.3) is 11.8 Å². The van der Waals surface area contributed by atoms with Crippen molar-refractivity contribution in [1.29, 1.82) is 0 Å². The van der Waals surface area contributed by atoms with Crippen LogP contribution in [-0.4, -0.2) is 18.4 Å². The van der Waals surface area contributed by atoms with Gasteiger partial charge in [0, 0.05) is 10.6 Å². The van der Waals surface area contributed by atoms with Crippen molar-refractivity contribution >= 4 is 35.0 Å². The Kier molecular flexibility index (Phi) is 6.32. The number of anilines is 2. The van der Waals surface area contributed by atoms with Crippen molar-refractivity contribution in [2.75, 3.05) is 16.8 Å². The maximum atomic E-state index is 13.4. The Morgan fingerprint density at radius 3 is 2.25 bits per heavy atom. The predicted octanol–water partition coefficient (Wildman–Crippen LogP) is 5.69. The molecule has 3 aromatic carbocycles. The van der Waals surface area contributed by atoms with Crippen LogP contribution in [0, 0.1) is 13.8 Å². The number of rotatable bonds is 7. The van der Waals surface area contributed by atoms with Gasteiger partial charge in [-0.3, -0.25) is 9.59 Å². The van der Waals surface area contributed by atoms with Crippen LogP contribution < -0.4 is 15.0 Å². The van der Waals surface area contributed by atoms with Crippen LogP contribution in [0.5, 0.6) is 5.75 Å². The van der Waals surface area contributed by atoms with E-state index in [1.54, 1.807) is 24.3 Å². The second-order valence-corrected chi connectivity index (χ2v) is 8.57. The zero-order valence-electron chi connectivity index (χ0n) is 18.2. The van der Waals surface area contributed by atoms with E-state index >= 15 is 0 Å². The highest BCUT2D eigenvalue weighted by molar-refractivity contribution is 8.04. The number of benzene rings is 3. The van der Waals surface area contributed by atoms with E-state index in [0.717, 1.165) is 21.7 Å². The van der Waals surface area contributed by atoms with Crippen LogP contribution in [0.4, 0.5) is 11.4 Å². The third-order valence-electron chi connectivity index (χ3n) is 4.98. The van der Waals surface area contributed by atoms with Crippen LogP contribution in [0.15, 0.2) is 88.3 Å². The molecule has 1 aliphatic rings. The molecule has 4 rings (SSSR count). The number of ether oxygens (including phenoxy) is 1. The number of thioether (sulfide) groups is 1. The van der Waals surface area contributed by atoms with Gasteiger partial charge in [0.15, 0.2) is 0 Å². The standard InChI is InChI=1S/C26H24N2O3S/c1-4-31-21-12-10-20(11-13-21)28-25(29)23(27-19-7-5-6-18(3)16-19)24(26(28)30)32-22-14-8-17(2)9-15-22/h5-16,27H,4H2,1-3H3. The zero-order valence-corrected chi connectivity index (χ0v) is 19.0. The Hall–Kier alpha value is -3.51. The van der Waals surface area contributed by atoms with Gasteiger partial charge in [-0.05, 0) is 74.9 Å². The number of carbonyl (C=O) groups is 2. The molecule has 0 radical (unpaired) electrons. The predicted molar refractivity (Wildman–Crippen MR) is 129 cm³/mol. The lowest BCUT2D eigenvalue weighted by molar-refractivity contribution is -0.120. The molecule has 1 heterocycles. The molecule has 0 aliphatic carbocycles. The minimum Gasteiger partial charge on any atom is -0.494 e. The highest BCUT2D eigenvalue weighted by Gasteiger charge is 2.40. The van der Waals surface area contributed by atoms with Gasteiger partial charge in [-0.15, -0.1) is 0 Å². The molecule has 32 heavy (non-hydrogen) atoms. The fourth-order valence-corrected chi connectivity index (χ4v) is 4.33. The van der Waals surface area contributed by atoms with Gasteiger partial charge in [-0.1, -0.05) is 41.6 Å². The monoisotopic (exact) mass is 444 g/mol. The lowest BCUT2D eigenvalue weighted by Gasteiger charge is -2.16. The molecule has 3 aromatic rings. The maximum absolute atomic E-state index is 13.4. The number of nitrogens with one attached hydrogen (secondary N) is 1. The lowest BCUT2D eigenvalue weighted by Crippen LogP contribution is -2.32. The van der Waals surface area contributed by atoms with Gasteiger partial charge in [-0.2, -0.15) is 0 Å². The number of hydrogen-bond acceptors (Lipinski definition) is 5. The van der Waals surface area contributed by atoms with Crippen LogP contribution >= 0.6 is 11.8 Å². The first-order chi connectivity index (χ1) is 15.5. The van der Waals surface area contributed by atoms with E-state index in [1.807, 2.05) is 69.3 Å². The van der Waals surface area contributed by atoms with Gasteiger partial charge >= 0.3 is 0 Å². The quantitative estimate of drug-likeness (QED) is 0.474. The Bertz CT molecular complexity index is 1180. The van der Waals surface area contributed by atoms with Crippen molar-refractivity contribution in [2.45, 2.75) is 25.7 Å². The molecule has 2 amide bonds. The molecule has 0 atom stereocenters. The third-order valence-corrected chi connectivity index (χ3v) is 6.07. The van der Waals surface area contributed by atoms with E-state index in [2.05, 4.69) is 5.32 Å². The Morgan fingerprint density at radius 2 is 1.59 bits per heavy atom. The van der Waals surface area contributed by atoms with Crippen LogP contribution in [0.25, 0.3) is 0 Å². The Balaban J connectivity index is 1.70. The van der Waals surface area contributed by atoms with Gasteiger partial charge in [-0.25, -0.2) is 4.90 Å². The van der Waals surface area contributed by atoms with Crippen LogP contribution in [0.3, 0.4) is 0 Å². The largest absolute Gasteiger partial charge is 0.494 e. The average molecular weight is 445 g/mol. The van der Waals surface area contributed by atoms with E-state index in [0.29, 0.717) is 22.9 Å². The van der Waals surface area contributed by atoms with Gasteiger partial charge < -0.3 is 10.1 Å². The van der Waals surface area contributed by atoms with E-state index in [9.17, 15) is 9.59 Å². The summed E-state index contributed by atoms with van der Waals surface area (Å²) in [6.45, 7) is 6.44. The molecule has 1 aliphatic heterocycles. The summed E-state index contributed by atoms with van der Waals surface area (Å²) >= 11 is 1.29. The molecular weight excluding hydrogens is 420 g/mol. The molecule has 1 N–H and O–H groups in total. The second-order valence-electron chi connectivity index (χ2n) is 7.49. The van der Waals surface area contributed by atoms with Gasteiger partial charge in [0.1, 0.15) is 16.4 Å². The molecule has 5 nitrogen and oxygen atoms in total. The third kappa shape index (κ3) is 4.55. The van der Waals surface area contributed by atoms with Crippen molar-refractivity contribution in [3.63, 3.8) is 0 Å². The molecule has 0 saturated heterocycles. The summed E-state index contributed by atoms with van der Waals surface area (Å²) in [6.07, 6.45) is 0. The van der Waals surface area contributed by atoms with Gasteiger partial charge in [0.2, 0.25) is 0 Å². The summed E-state index contributed by atoms with van der Waals surface area (Å²) in [5.41, 5.74) is 3.73. The summed E-state index contributed by atoms with van der Waals surface area (Å²) in [4.78, 5) is 29.3. The van der Waals surface area contributed by atoms with Crippen LogP contribution in [0.2, 0.25) is 0 Å². The molecule has 0 bridgehead atoms. The summed E-state index contributed by atoms with van der Waals surface area (Å²) in [5.74, 6) is -0.0363. The minimum atomic E-state index is -0.379. The fraction of sp³-hybridized carbons (Fsp3) is 0.154. The van der Waals surface area contributed by atoms with Crippen LogP contribution in [-0.2, 0) is 9.59 Å². The molecule has 0 unspecified atom stereocenters. The Labute approximate surface area is 192 Å². The number of imide groups is 1. The topological polar surface area (TPSA) is 58.6 Å². The SMILES string of the molecule is CCOc1ccc(N2C(=O)C(Nc3cccc(C)c3)=C(Sc3ccc(C)cc3)C2=O)cc1. The maximum Gasteiger partial charge on any atom is 0.283 e. The number of amides is 2. The van der Waals surface area contributed by atoms with E-state index in [-0.39, 0.29) is 17.5 Å². The number of carbonyl (C=O) groups excluding carboxylic acids is 2. The molecule has 0 saturated carbocycles. The first kappa shape index (κ1) is 21.7. The molecule has 0 fully saturated rings. The van der Waals surface area contributed by atoms with E-state index in [4.69, 9.17) is 4.74 Å². The highest BCUT2D eigenvalue weighted by atomic mass is 32.2.